The minimum atomic E-state index is 0.162. The summed E-state index contributed by atoms with van der Waals surface area (Å²) in [6.07, 6.45) is 2.52. The monoisotopic (exact) mass is 204 g/mol. The van der Waals surface area contributed by atoms with Crippen LogP contribution in [0.1, 0.15) is 5.56 Å². The van der Waals surface area contributed by atoms with Gasteiger partial charge in [0.2, 0.25) is 0 Å². The molecule has 0 bridgehead atoms. The van der Waals surface area contributed by atoms with Gasteiger partial charge in [0.15, 0.2) is 0 Å². The molecule has 0 atom stereocenters. The molecule has 1 fully saturated rings. The Balaban J connectivity index is 1.99. The molecule has 0 N–H and O–H groups in total. The van der Waals surface area contributed by atoms with Crippen molar-refractivity contribution in [3.05, 3.63) is 48.7 Å². The highest BCUT2D eigenvalue weighted by molar-refractivity contribution is 5.17. The van der Waals surface area contributed by atoms with E-state index < -0.39 is 0 Å². The molecule has 2 rings (SSSR count). The molecular formula is C13H16O2. The molecule has 0 unspecified atom stereocenters. The molecule has 0 aromatic heterocycles. The minimum Gasteiger partial charge on any atom is -0.501 e. The molecule has 15 heavy (non-hydrogen) atoms. The van der Waals surface area contributed by atoms with Gasteiger partial charge < -0.3 is 9.47 Å². The Morgan fingerprint density at radius 1 is 1.33 bits per heavy atom. The maximum atomic E-state index is 5.30. The maximum absolute atomic E-state index is 5.30. The number of benzene rings is 1. The Morgan fingerprint density at radius 3 is 2.60 bits per heavy atom. The first-order chi connectivity index (χ1) is 7.35. The van der Waals surface area contributed by atoms with Crippen LogP contribution in [0.4, 0.5) is 0 Å². The molecule has 1 saturated heterocycles. The summed E-state index contributed by atoms with van der Waals surface area (Å²) in [4.78, 5) is 0. The summed E-state index contributed by atoms with van der Waals surface area (Å²) < 4.78 is 10.6. The quantitative estimate of drug-likeness (QED) is 0.686. The molecule has 80 valence electrons. The zero-order valence-corrected chi connectivity index (χ0v) is 8.82. The summed E-state index contributed by atoms with van der Waals surface area (Å²) >= 11 is 0. The average molecular weight is 204 g/mol. The van der Waals surface area contributed by atoms with E-state index in [-0.39, 0.29) is 5.41 Å². The largest absolute Gasteiger partial charge is 0.501 e. The van der Waals surface area contributed by atoms with Gasteiger partial charge in [-0.05, 0) is 12.0 Å². The zero-order valence-electron chi connectivity index (χ0n) is 8.82. The van der Waals surface area contributed by atoms with Crippen LogP contribution < -0.4 is 0 Å². The predicted molar refractivity (Wildman–Crippen MR) is 59.5 cm³/mol. The van der Waals surface area contributed by atoms with E-state index in [4.69, 9.17) is 9.47 Å². The van der Waals surface area contributed by atoms with Crippen LogP contribution in [0.3, 0.4) is 0 Å². The van der Waals surface area contributed by atoms with Crippen molar-refractivity contribution < 1.29 is 9.47 Å². The van der Waals surface area contributed by atoms with Crippen LogP contribution in [0.25, 0.3) is 0 Å². The summed E-state index contributed by atoms with van der Waals surface area (Å²) in [6, 6.07) is 10.5. The molecule has 1 heterocycles. The molecule has 0 amide bonds. The average Bonchev–Trinajstić information content (AvgIpc) is 2.23. The van der Waals surface area contributed by atoms with Crippen LogP contribution in [0.2, 0.25) is 0 Å². The first-order valence-corrected chi connectivity index (χ1v) is 5.19. The molecule has 0 spiro atoms. The second-order valence-electron chi connectivity index (χ2n) is 4.13. The van der Waals surface area contributed by atoms with Gasteiger partial charge in [0.1, 0.15) is 0 Å². The van der Waals surface area contributed by atoms with Crippen molar-refractivity contribution in [1.82, 2.24) is 0 Å². The summed E-state index contributed by atoms with van der Waals surface area (Å²) in [5.74, 6) is 0. The van der Waals surface area contributed by atoms with Crippen molar-refractivity contribution in [3.8, 4) is 0 Å². The van der Waals surface area contributed by atoms with Crippen LogP contribution in [0, 0.1) is 5.41 Å². The molecule has 0 radical (unpaired) electrons. The van der Waals surface area contributed by atoms with Crippen LogP contribution in [0.15, 0.2) is 43.2 Å². The van der Waals surface area contributed by atoms with Crippen LogP contribution in [0.5, 0.6) is 0 Å². The van der Waals surface area contributed by atoms with Gasteiger partial charge in [-0.2, -0.15) is 0 Å². The van der Waals surface area contributed by atoms with Gasteiger partial charge in [0, 0.05) is 0 Å². The molecule has 1 aromatic rings. The molecule has 1 aromatic carbocycles. The van der Waals surface area contributed by atoms with E-state index >= 15 is 0 Å². The van der Waals surface area contributed by atoms with Gasteiger partial charge in [0.05, 0.1) is 31.5 Å². The topological polar surface area (TPSA) is 18.5 Å². The molecule has 0 aliphatic carbocycles. The standard InChI is InChI=1S/C13H16O2/c1-2-14-9-13(10-15-11-13)8-12-6-4-3-5-7-12/h2-7H,1,8-11H2. The highest BCUT2D eigenvalue weighted by atomic mass is 16.5. The van der Waals surface area contributed by atoms with Crippen LogP contribution >= 0.6 is 0 Å². The fourth-order valence-electron chi connectivity index (χ4n) is 1.89. The van der Waals surface area contributed by atoms with Gasteiger partial charge in [-0.3, -0.25) is 0 Å². The molecule has 1 aliphatic rings. The molecule has 1 aliphatic heterocycles. The Kier molecular flexibility index (Phi) is 3.07. The second-order valence-corrected chi connectivity index (χ2v) is 4.13. The second kappa shape index (κ2) is 4.49. The van der Waals surface area contributed by atoms with Crippen LogP contribution in [-0.2, 0) is 15.9 Å². The fraction of sp³-hybridized carbons (Fsp3) is 0.385. The van der Waals surface area contributed by atoms with E-state index in [1.165, 1.54) is 11.8 Å². The lowest BCUT2D eigenvalue weighted by Crippen LogP contribution is -2.47. The fourth-order valence-corrected chi connectivity index (χ4v) is 1.89. The first-order valence-electron chi connectivity index (χ1n) is 5.19. The highest BCUT2D eigenvalue weighted by Gasteiger charge is 2.39. The van der Waals surface area contributed by atoms with Crippen molar-refractivity contribution in [3.63, 3.8) is 0 Å². The minimum absolute atomic E-state index is 0.162. The lowest BCUT2D eigenvalue weighted by molar-refractivity contribution is -0.137. The Hall–Kier alpha value is -1.28. The summed E-state index contributed by atoms with van der Waals surface area (Å²) in [6.45, 7) is 5.84. The summed E-state index contributed by atoms with van der Waals surface area (Å²) in [7, 11) is 0. The van der Waals surface area contributed by atoms with Gasteiger partial charge in [-0.15, -0.1) is 0 Å². The van der Waals surface area contributed by atoms with E-state index in [1.54, 1.807) is 0 Å². The Bertz CT molecular complexity index is 315. The van der Waals surface area contributed by atoms with E-state index in [1.807, 2.05) is 6.07 Å². The summed E-state index contributed by atoms with van der Waals surface area (Å²) in [5.41, 5.74) is 1.50. The molecule has 2 heteroatoms. The number of ether oxygens (including phenoxy) is 2. The normalized spacial score (nSPS) is 17.9. The Morgan fingerprint density at radius 2 is 2.07 bits per heavy atom. The van der Waals surface area contributed by atoms with E-state index in [2.05, 4.69) is 30.8 Å². The zero-order chi connectivity index (χ0) is 10.6. The van der Waals surface area contributed by atoms with E-state index in [9.17, 15) is 0 Å². The molecular weight excluding hydrogens is 188 g/mol. The van der Waals surface area contributed by atoms with Crippen molar-refractivity contribution >= 4 is 0 Å². The lowest BCUT2D eigenvalue weighted by atomic mass is 9.80. The van der Waals surface area contributed by atoms with E-state index in [0.717, 1.165) is 19.6 Å². The van der Waals surface area contributed by atoms with Crippen molar-refractivity contribution in [2.75, 3.05) is 19.8 Å². The number of hydrogen-bond donors (Lipinski definition) is 0. The highest BCUT2D eigenvalue weighted by Crippen LogP contribution is 2.32. The maximum Gasteiger partial charge on any atom is 0.0976 e. The SMILES string of the molecule is C=COCC1(Cc2ccccc2)COC1. The molecule has 0 saturated carbocycles. The smallest absolute Gasteiger partial charge is 0.0976 e. The third kappa shape index (κ3) is 2.39. The van der Waals surface area contributed by atoms with Crippen molar-refractivity contribution in [2.24, 2.45) is 5.41 Å². The van der Waals surface area contributed by atoms with Gasteiger partial charge in [-0.25, -0.2) is 0 Å². The van der Waals surface area contributed by atoms with Gasteiger partial charge >= 0.3 is 0 Å². The van der Waals surface area contributed by atoms with Crippen LogP contribution in [-0.4, -0.2) is 19.8 Å². The third-order valence-corrected chi connectivity index (χ3v) is 2.75. The first kappa shape index (κ1) is 10.2. The van der Waals surface area contributed by atoms with Crippen molar-refractivity contribution in [1.29, 1.82) is 0 Å². The third-order valence-electron chi connectivity index (χ3n) is 2.75. The van der Waals surface area contributed by atoms with Crippen molar-refractivity contribution in [2.45, 2.75) is 6.42 Å². The number of hydrogen-bond acceptors (Lipinski definition) is 2. The lowest BCUT2D eigenvalue weighted by Gasteiger charge is -2.40. The number of rotatable bonds is 5. The molecule has 2 nitrogen and oxygen atoms in total. The van der Waals surface area contributed by atoms with Gasteiger partial charge in [-0.1, -0.05) is 36.9 Å². The van der Waals surface area contributed by atoms with Gasteiger partial charge in [0.25, 0.3) is 0 Å². The summed E-state index contributed by atoms with van der Waals surface area (Å²) in [5, 5.41) is 0. The van der Waals surface area contributed by atoms with E-state index in [0.29, 0.717) is 6.61 Å². The Labute approximate surface area is 90.5 Å². The predicted octanol–water partition coefficient (Wildman–Crippen LogP) is 2.41.